The summed E-state index contributed by atoms with van der Waals surface area (Å²) in [4.78, 5) is 10.6. The molecule has 0 saturated carbocycles. The van der Waals surface area contributed by atoms with Gasteiger partial charge in [0.1, 0.15) is 11.9 Å². The number of nitrogens with one attached hydrogen (secondary N) is 2. The van der Waals surface area contributed by atoms with E-state index in [9.17, 15) is 17.6 Å². The van der Waals surface area contributed by atoms with Gasteiger partial charge in [0.15, 0.2) is 0 Å². The number of hydrogen-bond acceptors (Lipinski definition) is 4. The molecule has 0 saturated heterocycles. The van der Waals surface area contributed by atoms with Gasteiger partial charge in [-0.1, -0.05) is 5.92 Å². The summed E-state index contributed by atoms with van der Waals surface area (Å²) in [7, 11) is -4.03. The Balaban J connectivity index is 3.13. The zero-order valence-electron chi connectivity index (χ0n) is 10.6. The second-order valence-electron chi connectivity index (χ2n) is 3.85. The molecular formula is C12H13FN2O4S. The van der Waals surface area contributed by atoms with Crippen molar-refractivity contribution in [2.45, 2.75) is 17.9 Å². The Morgan fingerprint density at radius 1 is 1.55 bits per heavy atom. The predicted molar refractivity (Wildman–Crippen MR) is 70.7 cm³/mol. The van der Waals surface area contributed by atoms with E-state index in [1.165, 1.54) is 6.92 Å². The molecule has 1 aromatic carbocycles. The number of anilines is 1. The number of benzene rings is 1. The van der Waals surface area contributed by atoms with Gasteiger partial charge in [-0.2, -0.15) is 4.72 Å². The minimum atomic E-state index is -4.03. The van der Waals surface area contributed by atoms with Gasteiger partial charge < -0.3 is 10.4 Å². The van der Waals surface area contributed by atoms with E-state index in [-0.39, 0.29) is 10.6 Å². The molecule has 1 unspecified atom stereocenters. The normalized spacial score (nSPS) is 12.5. The number of carbonyl (C=O) groups is 1. The third-order valence-corrected chi connectivity index (χ3v) is 3.71. The summed E-state index contributed by atoms with van der Waals surface area (Å²) in [5, 5.41) is 11.0. The molecule has 1 amide bonds. The van der Waals surface area contributed by atoms with Crippen LogP contribution < -0.4 is 10.0 Å². The molecule has 0 heterocycles. The molecule has 0 spiro atoms. The van der Waals surface area contributed by atoms with Crippen molar-refractivity contribution >= 4 is 21.6 Å². The Kier molecular flexibility index (Phi) is 5.21. The van der Waals surface area contributed by atoms with Crippen molar-refractivity contribution in [3.63, 3.8) is 0 Å². The van der Waals surface area contributed by atoms with E-state index < -0.39 is 34.4 Å². The molecule has 20 heavy (non-hydrogen) atoms. The summed E-state index contributed by atoms with van der Waals surface area (Å²) in [6, 6.07) is 1.80. The first-order valence-electron chi connectivity index (χ1n) is 5.46. The van der Waals surface area contributed by atoms with Crippen LogP contribution in [0.15, 0.2) is 23.1 Å². The van der Waals surface area contributed by atoms with E-state index in [0.717, 1.165) is 18.2 Å². The van der Waals surface area contributed by atoms with Gasteiger partial charge in [-0.05, 0) is 18.2 Å². The number of aliphatic hydroxyl groups is 1. The fourth-order valence-electron chi connectivity index (χ4n) is 1.34. The van der Waals surface area contributed by atoms with Crippen LogP contribution in [0.2, 0.25) is 0 Å². The van der Waals surface area contributed by atoms with Gasteiger partial charge in [0.05, 0.1) is 17.2 Å². The van der Waals surface area contributed by atoms with E-state index in [0.29, 0.717) is 0 Å². The summed E-state index contributed by atoms with van der Waals surface area (Å²) in [6.07, 6.45) is 5.03. The highest BCUT2D eigenvalue weighted by Crippen LogP contribution is 2.19. The van der Waals surface area contributed by atoms with Crippen molar-refractivity contribution in [2.24, 2.45) is 0 Å². The van der Waals surface area contributed by atoms with Gasteiger partial charge in [-0.3, -0.25) is 4.79 Å². The second-order valence-corrected chi connectivity index (χ2v) is 5.56. The standard InChI is InChI=1S/C12H13FN2O4S/c1-3-9(7-16)15-20(18,19)10-4-5-11(13)12(6-10)14-8(2)17/h1,4-6,9,15-16H,7H2,2H3,(H,14,17). The molecule has 6 nitrogen and oxygen atoms in total. The fourth-order valence-corrected chi connectivity index (χ4v) is 2.51. The number of amides is 1. The first-order valence-corrected chi connectivity index (χ1v) is 6.95. The topological polar surface area (TPSA) is 95.5 Å². The molecule has 0 aliphatic carbocycles. The summed E-state index contributed by atoms with van der Waals surface area (Å²) < 4.78 is 39.4. The molecule has 0 fully saturated rings. The second kappa shape index (κ2) is 6.47. The highest BCUT2D eigenvalue weighted by Gasteiger charge is 2.20. The number of hydrogen-bond donors (Lipinski definition) is 3. The highest BCUT2D eigenvalue weighted by molar-refractivity contribution is 7.89. The molecule has 0 aliphatic heterocycles. The number of rotatable bonds is 5. The van der Waals surface area contributed by atoms with Gasteiger partial charge >= 0.3 is 0 Å². The number of aliphatic hydroxyl groups excluding tert-OH is 1. The lowest BCUT2D eigenvalue weighted by Gasteiger charge is -2.12. The third-order valence-electron chi connectivity index (χ3n) is 2.24. The monoisotopic (exact) mass is 300 g/mol. The van der Waals surface area contributed by atoms with Crippen molar-refractivity contribution in [1.29, 1.82) is 0 Å². The lowest BCUT2D eigenvalue weighted by Crippen LogP contribution is -2.36. The zero-order chi connectivity index (χ0) is 15.3. The van der Waals surface area contributed by atoms with E-state index >= 15 is 0 Å². The molecule has 0 radical (unpaired) electrons. The number of terminal acetylenes is 1. The molecule has 1 aromatic rings. The minimum absolute atomic E-state index is 0.262. The Morgan fingerprint density at radius 3 is 2.70 bits per heavy atom. The minimum Gasteiger partial charge on any atom is -0.394 e. The van der Waals surface area contributed by atoms with Crippen LogP contribution >= 0.6 is 0 Å². The van der Waals surface area contributed by atoms with E-state index in [1.54, 1.807) is 0 Å². The lowest BCUT2D eigenvalue weighted by molar-refractivity contribution is -0.114. The Labute approximate surface area is 116 Å². The van der Waals surface area contributed by atoms with Crippen LogP contribution in [-0.4, -0.2) is 32.1 Å². The quantitative estimate of drug-likeness (QED) is 0.670. The average molecular weight is 300 g/mol. The van der Waals surface area contributed by atoms with Crippen molar-refractivity contribution in [1.82, 2.24) is 4.72 Å². The fraction of sp³-hybridized carbons (Fsp3) is 0.250. The Hall–Kier alpha value is -1.95. The van der Waals surface area contributed by atoms with Crippen LogP contribution in [0.3, 0.4) is 0 Å². The van der Waals surface area contributed by atoms with Gasteiger partial charge in [0, 0.05) is 6.92 Å². The van der Waals surface area contributed by atoms with Crippen molar-refractivity contribution in [2.75, 3.05) is 11.9 Å². The Morgan fingerprint density at radius 2 is 2.20 bits per heavy atom. The molecular weight excluding hydrogens is 287 g/mol. The van der Waals surface area contributed by atoms with E-state index in [2.05, 4.69) is 16.0 Å². The summed E-state index contributed by atoms with van der Waals surface area (Å²) >= 11 is 0. The van der Waals surface area contributed by atoms with Gasteiger partial charge in [0.2, 0.25) is 15.9 Å². The molecule has 0 aromatic heterocycles. The first-order chi connectivity index (χ1) is 9.30. The zero-order valence-corrected chi connectivity index (χ0v) is 11.4. The molecule has 0 bridgehead atoms. The van der Waals surface area contributed by atoms with Crippen LogP contribution in [0, 0.1) is 18.2 Å². The van der Waals surface area contributed by atoms with Crippen LogP contribution in [0.5, 0.6) is 0 Å². The van der Waals surface area contributed by atoms with Crippen LogP contribution in [0.4, 0.5) is 10.1 Å². The number of carbonyl (C=O) groups excluding carboxylic acids is 1. The van der Waals surface area contributed by atoms with Crippen LogP contribution in [0.25, 0.3) is 0 Å². The maximum absolute atomic E-state index is 13.4. The maximum atomic E-state index is 13.4. The van der Waals surface area contributed by atoms with Crippen molar-refractivity contribution < 1.29 is 22.7 Å². The molecule has 3 N–H and O–H groups in total. The molecule has 0 aliphatic rings. The van der Waals surface area contributed by atoms with E-state index in [4.69, 9.17) is 11.5 Å². The van der Waals surface area contributed by atoms with Crippen LogP contribution in [-0.2, 0) is 14.8 Å². The summed E-state index contributed by atoms with van der Waals surface area (Å²) in [5.41, 5.74) is -0.262. The SMILES string of the molecule is C#CC(CO)NS(=O)(=O)c1ccc(F)c(NC(C)=O)c1. The summed E-state index contributed by atoms with van der Waals surface area (Å²) in [5.74, 6) is 0.744. The predicted octanol–water partition coefficient (Wildman–Crippen LogP) is 0.0565. The summed E-state index contributed by atoms with van der Waals surface area (Å²) in [6.45, 7) is 0.592. The molecule has 1 atom stereocenters. The molecule has 108 valence electrons. The molecule has 8 heteroatoms. The number of sulfonamides is 1. The average Bonchev–Trinajstić information content (AvgIpc) is 2.37. The lowest BCUT2D eigenvalue weighted by atomic mass is 10.3. The Bertz CT molecular complexity index is 652. The smallest absolute Gasteiger partial charge is 0.241 e. The molecule has 1 rings (SSSR count). The van der Waals surface area contributed by atoms with Crippen LogP contribution in [0.1, 0.15) is 6.92 Å². The van der Waals surface area contributed by atoms with Gasteiger partial charge in [-0.25, -0.2) is 12.8 Å². The van der Waals surface area contributed by atoms with E-state index in [1.807, 2.05) is 0 Å². The van der Waals surface area contributed by atoms with Gasteiger partial charge in [-0.15, -0.1) is 6.42 Å². The maximum Gasteiger partial charge on any atom is 0.241 e. The third kappa shape index (κ3) is 4.03. The van der Waals surface area contributed by atoms with Gasteiger partial charge in [0.25, 0.3) is 0 Å². The first kappa shape index (κ1) is 16.1. The largest absolute Gasteiger partial charge is 0.394 e. The van der Waals surface area contributed by atoms with Crippen molar-refractivity contribution in [3.8, 4) is 12.3 Å². The highest BCUT2D eigenvalue weighted by atomic mass is 32.2. The number of halogens is 1. The van der Waals surface area contributed by atoms with Crippen molar-refractivity contribution in [3.05, 3.63) is 24.0 Å².